The van der Waals surface area contributed by atoms with Gasteiger partial charge in [-0.3, -0.25) is 10.1 Å². The Kier molecular flexibility index (Phi) is 6.23. The molecule has 1 aliphatic rings. The van der Waals surface area contributed by atoms with E-state index in [1.165, 1.54) is 36.4 Å². The fourth-order valence-corrected chi connectivity index (χ4v) is 5.12. The first-order valence-corrected chi connectivity index (χ1v) is 10.4. The van der Waals surface area contributed by atoms with Gasteiger partial charge in [-0.25, -0.2) is 8.42 Å². The molecule has 2 aromatic carbocycles. The van der Waals surface area contributed by atoms with Crippen molar-refractivity contribution in [3.05, 3.63) is 88.5 Å². The zero-order valence-corrected chi connectivity index (χ0v) is 15.8. The van der Waals surface area contributed by atoms with Crippen LogP contribution < -0.4 is 0 Å². The average Bonchev–Trinajstić information content (AvgIpc) is 3.03. The van der Waals surface area contributed by atoms with Crippen LogP contribution >= 0.6 is 0 Å². The van der Waals surface area contributed by atoms with Gasteiger partial charge in [0.05, 0.1) is 30.1 Å². The summed E-state index contributed by atoms with van der Waals surface area (Å²) < 4.78 is 31.5. The molecular formula is C20H21NO6S. The molecule has 0 bridgehead atoms. The number of aliphatic hydroxyl groups excluding tert-OH is 1. The molecule has 28 heavy (non-hydrogen) atoms. The van der Waals surface area contributed by atoms with Crippen molar-refractivity contribution in [2.45, 2.75) is 23.0 Å². The van der Waals surface area contributed by atoms with Crippen LogP contribution in [0.3, 0.4) is 0 Å². The van der Waals surface area contributed by atoms with Crippen LogP contribution in [0.2, 0.25) is 0 Å². The second-order valence-electron chi connectivity index (χ2n) is 6.65. The van der Waals surface area contributed by atoms with Crippen molar-refractivity contribution in [3.63, 3.8) is 0 Å². The molecule has 4 atom stereocenters. The molecular weight excluding hydrogens is 382 g/mol. The van der Waals surface area contributed by atoms with Gasteiger partial charge in [-0.15, -0.1) is 0 Å². The molecule has 0 saturated carbocycles. The number of nitro groups is 1. The molecule has 3 rings (SSSR count). The van der Waals surface area contributed by atoms with Gasteiger partial charge in [0, 0.05) is 10.8 Å². The van der Waals surface area contributed by atoms with Crippen molar-refractivity contribution < 1.29 is 23.2 Å². The van der Waals surface area contributed by atoms with Crippen LogP contribution in [0.15, 0.2) is 77.7 Å². The quantitative estimate of drug-likeness (QED) is 0.412. The van der Waals surface area contributed by atoms with Crippen molar-refractivity contribution in [1.29, 1.82) is 0 Å². The minimum atomic E-state index is -4.23. The second kappa shape index (κ2) is 8.64. The summed E-state index contributed by atoms with van der Waals surface area (Å²) in [5.41, 5.74) is 0.919. The van der Waals surface area contributed by atoms with E-state index in [0.29, 0.717) is 0 Å². The minimum absolute atomic E-state index is 0.00236. The topological polar surface area (TPSA) is 107 Å². The fraction of sp³-hybridized carbons (Fsp3) is 0.300. The Morgan fingerprint density at radius 3 is 2.25 bits per heavy atom. The maximum absolute atomic E-state index is 12.9. The third kappa shape index (κ3) is 4.30. The molecule has 0 saturated heterocycles. The summed E-state index contributed by atoms with van der Waals surface area (Å²) in [4.78, 5) is 10.8. The van der Waals surface area contributed by atoms with Gasteiger partial charge in [-0.1, -0.05) is 60.7 Å². The molecule has 148 valence electrons. The molecule has 2 aromatic rings. The first kappa shape index (κ1) is 20.2. The van der Waals surface area contributed by atoms with E-state index in [0.717, 1.165) is 5.56 Å². The van der Waals surface area contributed by atoms with E-state index in [9.17, 15) is 23.6 Å². The maximum Gasteiger partial charge on any atom is 0.321 e. The Bertz CT molecular complexity index is 930. The second-order valence-corrected chi connectivity index (χ2v) is 8.70. The first-order valence-electron chi connectivity index (χ1n) is 8.82. The van der Waals surface area contributed by atoms with Crippen molar-refractivity contribution in [3.8, 4) is 0 Å². The largest absolute Gasteiger partial charge is 0.389 e. The number of hydrogen-bond acceptors (Lipinski definition) is 6. The Labute approximate surface area is 163 Å². The van der Waals surface area contributed by atoms with Crippen molar-refractivity contribution in [2.24, 2.45) is 11.8 Å². The van der Waals surface area contributed by atoms with E-state index in [1.54, 1.807) is 6.07 Å². The zero-order chi connectivity index (χ0) is 20.1. The molecule has 1 unspecified atom stereocenters. The summed E-state index contributed by atoms with van der Waals surface area (Å²) in [5, 5.41) is 20.1. The van der Waals surface area contributed by atoms with E-state index in [-0.39, 0.29) is 18.1 Å². The summed E-state index contributed by atoms with van der Waals surface area (Å²) >= 11 is 0. The molecule has 0 aromatic heterocycles. The van der Waals surface area contributed by atoms with Gasteiger partial charge in [-0.05, 0) is 17.7 Å². The monoisotopic (exact) mass is 403 g/mol. The molecule has 7 nitrogen and oxygen atoms in total. The van der Waals surface area contributed by atoms with Gasteiger partial charge in [0.2, 0.25) is 9.84 Å². The number of rotatable bonds is 8. The van der Waals surface area contributed by atoms with Gasteiger partial charge < -0.3 is 9.84 Å². The minimum Gasteiger partial charge on any atom is -0.389 e. The standard InChI is InChI=1S/C20H21NO6S/c22-19-12-11-17(18(19)14-27-13-15-7-3-1-4-8-15)20(21(23)24)28(25,26)16-9-5-2-6-10-16/h1-12,17-20,22H,13-14H2/t17-,18+,19+,20?/m1/s1. The van der Waals surface area contributed by atoms with E-state index in [2.05, 4.69) is 0 Å². The van der Waals surface area contributed by atoms with Gasteiger partial charge in [0.15, 0.2) is 0 Å². The number of benzene rings is 2. The molecule has 0 amide bonds. The van der Waals surface area contributed by atoms with Crippen LogP contribution in [0.5, 0.6) is 0 Å². The number of sulfone groups is 1. The van der Waals surface area contributed by atoms with Crippen molar-refractivity contribution in [2.75, 3.05) is 6.61 Å². The number of nitrogens with zero attached hydrogens (tertiary/aromatic N) is 1. The highest BCUT2D eigenvalue weighted by atomic mass is 32.2. The first-order chi connectivity index (χ1) is 13.4. The molecule has 1 aliphatic carbocycles. The molecule has 1 N–H and O–H groups in total. The Morgan fingerprint density at radius 2 is 1.64 bits per heavy atom. The molecule has 0 aliphatic heterocycles. The summed E-state index contributed by atoms with van der Waals surface area (Å²) in [5.74, 6) is -1.72. The number of hydrogen-bond donors (Lipinski definition) is 1. The van der Waals surface area contributed by atoms with E-state index < -0.39 is 38.1 Å². The average molecular weight is 403 g/mol. The third-order valence-corrected chi connectivity index (χ3v) is 6.86. The normalized spacial score (nSPS) is 22.8. The highest BCUT2D eigenvalue weighted by molar-refractivity contribution is 7.91. The molecule has 0 radical (unpaired) electrons. The fourth-order valence-electron chi connectivity index (χ4n) is 3.37. The van der Waals surface area contributed by atoms with Crippen LogP contribution in [-0.2, 0) is 21.2 Å². The summed E-state index contributed by atoms with van der Waals surface area (Å²) in [7, 11) is -4.23. The van der Waals surface area contributed by atoms with Crippen molar-refractivity contribution >= 4 is 9.84 Å². The summed E-state index contributed by atoms with van der Waals surface area (Å²) in [6.07, 6.45) is 1.81. The lowest BCUT2D eigenvalue weighted by molar-refractivity contribution is -0.505. The Balaban J connectivity index is 1.79. The van der Waals surface area contributed by atoms with Crippen LogP contribution in [0.25, 0.3) is 0 Å². The van der Waals surface area contributed by atoms with Crippen LogP contribution in [0.4, 0.5) is 0 Å². The van der Waals surface area contributed by atoms with E-state index in [4.69, 9.17) is 4.74 Å². The zero-order valence-electron chi connectivity index (χ0n) is 15.0. The highest BCUT2D eigenvalue weighted by Crippen LogP contribution is 2.35. The highest BCUT2D eigenvalue weighted by Gasteiger charge is 2.50. The van der Waals surface area contributed by atoms with Crippen LogP contribution in [0.1, 0.15) is 5.56 Å². The van der Waals surface area contributed by atoms with Crippen molar-refractivity contribution in [1.82, 2.24) is 0 Å². The molecule has 8 heteroatoms. The lowest BCUT2D eigenvalue weighted by atomic mass is 9.94. The third-order valence-electron chi connectivity index (χ3n) is 4.81. The van der Waals surface area contributed by atoms with Gasteiger partial charge in [0.1, 0.15) is 0 Å². The number of aliphatic hydroxyl groups is 1. The van der Waals surface area contributed by atoms with Gasteiger partial charge in [0.25, 0.3) is 0 Å². The van der Waals surface area contributed by atoms with Crippen LogP contribution in [-0.4, -0.2) is 36.5 Å². The lowest BCUT2D eigenvalue weighted by Crippen LogP contribution is -2.42. The van der Waals surface area contributed by atoms with Gasteiger partial charge >= 0.3 is 5.37 Å². The van der Waals surface area contributed by atoms with Gasteiger partial charge in [-0.2, -0.15) is 0 Å². The van der Waals surface area contributed by atoms with Crippen LogP contribution in [0, 0.1) is 22.0 Å². The van der Waals surface area contributed by atoms with E-state index >= 15 is 0 Å². The predicted molar refractivity (Wildman–Crippen MR) is 103 cm³/mol. The Morgan fingerprint density at radius 1 is 1.04 bits per heavy atom. The maximum atomic E-state index is 12.9. The predicted octanol–water partition coefficient (Wildman–Crippen LogP) is 2.44. The SMILES string of the molecule is O=[N+]([O-])C([C@@H]1C=C[C@H](O)[C@H]1COCc1ccccc1)S(=O)(=O)c1ccccc1. The van der Waals surface area contributed by atoms with E-state index in [1.807, 2.05) is 30.3 Å². The summed E-state index contributed by atoms with van der Waals surface area (Å²) in [6, 6.07) is 16.7. The summed E-state index contributed by atoms with van der Waals surface area (Å²) in [6.45, 7) is 0.272. The molecule has 0 fully saturated rings. The lowest BCUT2D eigenvalue weighted by Gasteiger charge is -2.24. The smallest absolute Gasteiger partial charge is 0.321 e. The number of ether oxygens (including phenoxy) is 1. The molecule has 0 spiro atoms. The Hall–Kier alpha value is -2.55. The molecule has 0 heterocycles.